The Balaban J connectivity index is 2.88. The monoisotopic (exact) mass is 231 g/mol. The van der Waals surface area contributed by atoms with Crippen molar-refractivity contribution in [3.8, 4) is 0 Å². The third-order valence-electron chi connectivity index (χ3n) is 2.42. The van der Waals surface area contributed by atoms with Crippen LogP contribution in [0.15, 0.2) is 0 Å². The first-order chi connectivity index (χ1) is 7.07. The molecule has 5 heteroatoms. The second-order valence-electron chi connectivity index (χ2n) is 3.86. The van der Waals surface area contributed by atoms with Gasteiger partial charge in [-0.15, -0.1) is 10.2 Å². The highest BCUT2D eigenvalue weighted by Crippen LogP contribution is 2.23. The Morgan fingerprint density at radius 1 is 1.40 bits per heavy atom. The van der Waals surface area contributed by atoms with Gasteiger partial charge in [-0.05, 0) is 31.4 Å². The number of aromatic nitrogens is 3. The molecule has 1 aromatic rings. The van der Waals surface area contributed by atoms with Crippen molar-refractivity contribution in [2.75, 3.05) is 13.2 Å². The molecule has 0 N–H and O–H groups in total. The number of ether oxygens (including phenoxy) is 1. The number of nitrogens with zero attached hydrogens (tertiary/aromatic N) is 3. The second-order valence-corrected chi connectivity index (χ2v) is 4.20. The van der Waals surface area contributed by atoms with Crippen molar-refractivity contribution in [2.45, 2.75) is 33.7 Å². The van der Waals surface area contributed by atoms with Gasteiger partial charge in [-0.1, -0.05) is 13.8 Å². The van der Waals surface area contributed by atoms with E-state index in [-0.39, 0.29) is 6.04 Å². The number of hydrogen-bond donors (Lipinski definition) is 0. The molecular formula is C10H18ClN3O. The fraction of sp³-hybridized carbons (Fsp3) is 0.800. The van der Waals surface area contributed by atoms with Crippen LogP contribution in [-0.4, -0.2) is 28.0 Å². The predicted octanol–water partition coefficient (Wildman–Crippen LogP) is 2.47. The van der Waals surface area contributed by atoms with E-state index >= 15 is 0 Å². The Labute approximate surface area is 95.6 Å². The van der Waals surface area contributed by atoms with Crippen molar-refractivity contribution in [2.24, 2.45) is 5.92 Å². The first-order valence-corrected chi connectivity index (χ1v) is 5.60. The van der Waals surface area contributed by atoms with E-state index < -0.39 is 0 Å². The summed E-state index contributed by atoms with van der Waals surface area (Å²) in [5.41, 5.74) is 0. The standard InChI is InChI=1S/C10H18ClN3O/c1-5-15-6-9(7(2)3)14-8(4)12-13-10(14)11/h7,9H,5-6H2,1-4H3. The van der Waals surface area contributed by atoms with Crippen LogP contribution in [0.2, 0.25) is 5.28 Å². The van der Waals surface area contributed by atoms with Crippen molar-refractivity contribution in [1.29, 1.82) is 0 Å². The fourth-order valence-corrected chi connectivity index (χ4v) is 1.81. The molecule has 15 heavy (non-hydrogen) atoms. The maximum absolute atomic E-state index is 6.00. The molecule has 4 nitrogen and oxygen atoms in total. The topological polar surface area (TPSA) is 39.9 Å². The summed E-state index contributed by atoms with van der Waals surface area (Å²) in [4.78, 5) is 0. The molecule has 0 saturated carbocycles. The zero-order valence-electron chi connectivity index (χ0n) is 9.70. The van der Waals surface area contributed by atoms with Crippen LogP contribution >= 0.6 is 11.6 Å². The molecule has 0 aliphatic rings. The van der Waals surface area contributed by atoms with Gasteiger partial charge >= 0.3 is 0 Å². The first-order valence-electron chi connectivity index (χ1n) is 5.22. The summed E-state index contributed by atoms with van der Waals surface area (Å²) >= 11 is 6.00. The summed E-state index contributed by atoms with van der Waals surface area (Å²) in [6.07, 6.45) is 0. The SMILES string of the molecule is CCOCC(C(C)C)n1c(C)nnc1Cl. The van der Waals surface area contributed by atoms with Gasteiger partial charge in [0, 0.05) is 6.61 Å². The molecule has 0 fully saturated rings. The van der Waals surface area contributed by atoms with E-state index in [1.807, 2.05) is 18.4 Å². The van der Waals surface area contributed by atoms with Gasteiger partial charge in [0.15, 0.2) is 0 Å². The van der Waals surface area contributed by atoms with Crippen LogP contribution in [0.25, 0.3) is 0 Å². The Morgan fingerprint density at radius 3 is 2.47 bits per heavy atom. The molecule has 0 saturated heterocycles. The highest BCUT2D eigenvalue weighted by molar-refractivity contribution is 6.28. The number of hydrogen-bond acceptors (Lipinski definition) is 3. The maximum Gasteiger partial charge on any atom is 0.225 e. The van der Waals surface area contributed by atoms with Crippen LogP contribution < -0.4 is 0 Å². The molecule has 1 unspecified atom stereocenters. The normalized spacial score (nSPS) is 13.5. The van der Waals surface area contributed by atoms with Crippen LogP contribution in [0.1, 0.15) is 32.6 Å². The number of rotatable bonds is 5. The highest BCUT2D eigenvalue weighted by Gasteiger charge is 2.20. The Kier molecular flexibility index (Phi) is 4.54. The average Bonchev–Trinajstić information content (AvgIpc) is 2.49. The lowest BCUT2D eigenvalue weighted by Gasteiger charge is -2.23. The van der Waals surface area contributed by atoms with Gasteiger partial charge in [-0.3, -0.25) is 4.57 Å². The highest BCUT2D eigenvalue weighted by atomic mass is 35.5. The van der Waals surface area contributed by atoms with Gasteiger partial charge in [-0.25, -0.2) is 0 Å². The Hall–Kier alpha value is -0.610. The van der Waals surface area contributed by atoms with Crippen molar-refractivity contribution in [3.63, 3.8) is 0 Å². The van der Waals surface area contributed by atoms with Crippen molar-refractivity contribution in [3.05, 3.63) is 11.1 Å². The summed E-state index contributed by atoms with van der Waals surface area (Å²) in [7, 11) is 0. The number of halogens is 1. The molecule has 1 aromatic heterocycles. The lowest BCUT2D eigenvalue weighted by atomic mass is 10.1. The summed E-state index contributed by atoms with van der Waals surface area (Å²) < 4.78 is 7.39. The zero-order chi connectivity index (χ0) is 11.4. The minimum absolute atomic E-state index is 0.201. The molecule has 0 spiro atoms. The Bertz CT molecular complexity index is 292. The molecule has 0 aliphatic heterocycles. The minimum atomic E-state index is 0.201. The summed E-state index contributed by atoms with van der Waals surface area (Å²) in [6, 6.07) is 0.201. The van der Waals surface area contributed by atoms with Gasteiger partial charge in [-0.2, -0.15) is 0 Å². The molecular weight excluding hydrogens is 214 g/mol. The molecule has 86 valence electrons. The van der Waals surface area contributed by atoms with Gasteiger partial charge in [0.25, 0.3) is 0 Å². The first kappa shape index (κ1) is 12.5. The van der Waals surface area contributed by atoms with E-state index in [1.165, 1.54) is 0 Å². The van der Waals surface area contributed by atoms with Crippen LogP contribution in [0.4, 0.5) is 0 Å². The lowest BCUT2D eigenvalue weighted by molar-refractivity contribution is 0.0956. The van der Waals surface area contributed by atoms with Crippen LogP contribution in [0, 0.1) is 12.8 Å². The van der Waals surface area contributed by atoms with Gasteiger partial charge < -0.3 is 4.74 Å². The smallest absolute Gasteiger partial charge is 0.225 e. The van der Waals surface area contributed by atoms with E-state index in [4.69, 9.17) is 16.3 Å². The van der Waals surface area contributed by atoms with Crippen molar-refractivity contribution in [1.82, 2.24) is 14.8 Å². The van der Waals surface area contributed by atoms with Gasteiger partial charge in [0.2, 0.25) is 5.28 Å². The van der Waals surface area contributed by atoms with Crippen molar-refractivity contribution >= 4 is 11.6 Å². The molecule has 0 amide bonds. The predicted molar refractivity (Wildman–Crippen MR) is 60.1 cm³/mol. The van der Waals surface area contributed by atoms with E-state index in [2.05, 4.69) is 24.0 Å². The third kappa shape index (κ3) is 2.92. The molecule has 1 atom stereocenters. The molecule has 1 rings (SSSR count). The lowest BCUT2D eigenvalue weighted by Crippen LogP contribution is -2.22. The average molecular weight is 232 g/mol. The largest absolute Gasteiger partial charge is 0.380 e. The van der Waals surface area contributed by atoms with Crippen molar-refractivity contribution < 1.29 is 4.74 Å². The van der Waals surface area contributed by atoms with Crippen LogP contribution in [0.5, 0.6) is 0 Å². The molecule has 0 radical (unpaired) electrons. The van der Waals surface area contributed by atoms with E-state index in [0.717, 1.165) is 5.82 Å². The Morgan fingerprint density at radius 2 is 2.07 bits per heavy atom. The second kappa shape index (κ2) is 5.47. The minimum Gasteiger partial charge on any atom is -0.380 e. The zero-order valence-corrected chi connectivity index (χ0v) is 10.5. The molecule has 1 heterocycles. The van der Waals surface area contributed by atoms with E-state index in [1.54, 1.807) is 0 Å². The van der Waals surface area contributed by atoms with Crippen LogP contribution in [-0.2, 0) is 4.74 Å². The molecule has 0 aromatic carbocycles. The molecule has 0 aliphatic carbocycles. The van der Waals surface area contributed by atoms with Gasteiger partial charge in [0.1, 0.15) is 5.82 Å². The molecule has 0 bridgehead atoms. The maximum atomic E-state index is 6.00. The third-order valence-corrected chi connectivity index (χ3v) is 2.68. The summed E-state index contributed by atoms with van der Waals surface area (Å²) in [5.74, 6) is 1.27. The van der Waals surface area contributed by atoms with E-state index in [9.17, 15) is 0 Å². The van der Waals surface area contributed by atoms with Crippen LogP contribution in [0.3, 0.4) is 0 Å². The quantitative estimate of drug-likeness (QED) is 0.782. The number of aryl methyl sites for hydroxylation is 1. The summed E-state index contributed by atoms with van der Waals surface area (Å²) in [5, 5.41) is 8.24. The van der Waals surface area contributed by atoms with Gasteiger partial charge in [0.05, 0.1) is 12.6 Å². The van der Waals surface area contributed by atoms with E-state index in [0.29, 0.717) is 24.4 Å². The fourth-order valence-electron chi connectivity index (χ4n) is 1.52. The summed E-state index contributed by atoms with van der Waals surface area (Å²) in [6.45, 7) is 9.52.